The van der Waals surface area contributed by atoms with Gasteiger partial charge in [-0.05, 0) is 27.7 Å². The third-order valence-electron chi connectivity index (χ3n) is 3.48. The molecule has 0 aliphatic heterocycles. The number of hydrogen-bond donors (Lipinski definition) is 1. The molecule has 0 saturated heterocycles. The summed E-state index contributed by atoms with van der Waals surface area (Å²) in [5, 5.41) is 13.2. The van der Waals surface area contributed by atoms with Crippen molar-refractivity contribution in [3.05, 3.63) is 17.0 Å². The molecule has 1 heterocycles. The molecule has 0 saturated carbocycles. The van der Waals surface area contributed by atoms with E-state index in [1.165, 1.54) is 11.8 Å². The molecule has 0 fully saturated rings. The number of rotatable bonds is 5. The van der Waals surface area contributed by atoms with Crippen molar-refractivity contribution in [1.29, 1.82) is 0 Å². The number of hydrogen-bond acceptors (Lipinski definition) is 3. The summed E-state index contributed by atoms with van der Waals surface area (Å²) in [6, 6.07) is 0. The highest BCUT2D eigenvalue weighted by atomic mass is 19.4. The Morgan fingerprint density at radius 3 is 2.36 bits per heavy atom. The number of likely N-dealkylation sites (N-methyl/N-ethyl adjacent to an activating group) is 1. The Hall–Kier alpha value is -1.57. The second kappa shape index (κ2) is 6.68. The van der Waals surface area contributed by atoms with Gasteiger partial charge in [0.05, 0.1) is 17.7 Å². The van der Waals surface area contributed by atoms with E-state index < -0.39 is 24.7 Å². The number of aryl methyl sites for hydroxylation is 1. The van der Waals surface area contributed by atoms with Gasteiger partial charge in [-0.15, -0.1) is 0 Å². The number of aliphatic hydroxyl groups is 1. The zero-order valence-electron chi connectivity index (χ0n) is 13.4. The van der Waals surface area contributed by atoms with E-state index in [0.29, 0.717) is 17.0 Å². The summed E-state index contributed by atoms with van der Waals surface area (Å²) in [7, 11) is 1.55. The molecule has 1 rings (SSSR count). The normalized spacial score (nSPS) is 14.8. The lowest BCUT2D eigenvalue weighted by molar-refractivity contribution is -0.143. The molecular weight excluding hydrogens is 299 g/mol. The fourth-order valence-corrected chi connectivity index (χ4v) is 2.60. The predicted octanol–water partition coefficient (Wildman–Crippen LogP) is 2.00. The van der Waals surface area contributed by atoms with E-state index in [-0.39, 0.29) is 12.5 Å². The molecule has 1 amide bonds. The van der Waals surface area contributed by atoms with Gasteiger partial charge < -0.3 is 10.0 Å². The van der Waals surface area contributed by atoms with E-state index in [4.69, 9.17) is 0 Å². The highest BCUT2D eigenvalue weighted by Crippen LogP contribution is 2.27. The number of aromatic nitrogens is 2. The minimum absolute atomic E-state index is 0.165. The topological polar surface area (TPSA) is 58.4 Å². The summed E-state index contributed by atoms with van der Waals surface area (Å²) in [4.78, 5) is 13.7. The number of aliphatic hydroxyl groups excluding tert-OH is 1. The van der Waals surface area contributed by atoms with E-state index in [1.54, 1.807) is 27.8 Å². The highest BCUT2D eigenvalue weighted by Gasteiger charge is 2.32. The average Bonchev–Trinajstić information content (AvgIpc) is 2.59. The van der Waals surface area contributed by atoms with Gasteiger partial charge >= 0.3 is 6.18 Å². The Balaban J connectivity index is 3.03. The maximum absolute atomic E-state index is 12.5. The van der Waals surface area contributed by atoms with Gasteiger partial charge in [0.15, 0.2) is 0 Å². The van der Waals surface area contributed by atoms with Gasteiger partial charge in [-0.2, -0.15) is 18.3 Å². The van der Waals surface area contributed by atoms with Crippen LogP contribution in [0.25, 0.3) is 0 Å². The van der Waals surface area contributed by atoms with Crippen LogP contribution in [0.1, 0.15) is 36.7 Å². The van der Waals surface area contributed by atoms with Crippen molar-refractivity contribution in [2.24, 2.45) is 0 Å². The van der Waals surface area contributed by atoms with Gasteiger partial charge in [-0.25, -0.2) is 0 Å². The summed E-state index contributed by atoms with van der Waals surface area (Å²) in [5.74, 6) is -0.885. The van der Waals surface area contributed by atoms with Crippen LogP contribution >= 0.6 is 0 Å². The third-order valence-corrected chi connectivity index (χ3v) is 3.48. The summed E-state index contributed by atoms with van der Waals surface area (Å²) < 4.78 is 38.5. The van der Waals surface area contributed by atoms with Crippen LogP contribution in [0.2, 0.25) is 0 Å². The third kappa shape index (κ3) is 4.46. The fraction of sp³-hybridized carbons (Fsp3) is 0.714. The first-order valence-electron chi connectivity index (χ1n) is 6.97. The Bertz CT molecular complexity index is 538. The van der Waals surface area contributed by atoms with Crippen LogP contribution in [0, 0.1) is 13.8 Å². The minimum atomic E-state index is -4.36. The molecule has 0 aliphatic rings. The SMILES string of the molecule is Cc1nn(CC(F)(F)F)c(C)c1C(C)C(=O)N(C)CC(C)O. The number of carbonyl (C=O) groups is 1. The first kappa shape index (κ1) is 18.5. The van der Waals surface area contributed by atoms with Crippen LogP contribution in [-0.2, 0) is 11.3 Å². The molecule has 1 aromatic heterocycles. The van der Waals surface area contributed by atoms with Gasteiger partial charge in [-0.1, -0.05) is 0 Å². The van der Waals surface area contributed by atoms with E-state index in [1.807, 2.05) is 0 Å². The number of amides is 1. The van der Waals surface area contributed by atoms with E-state index in [9.17, 15) is 23.1 Å². The number of halogens is 3. The van der Waals surface area contributed by atoms with Crippen LogP contribution in [0.5, 0.6) is 0 Å². The average molecular weight is 321 g/mol. The molecule has 0 radical (unpaired) electrons. The van der Waals surface area contributed by atoms with Crippen molar-refractivity contribution in [3.8, 4) is 0 Å². The molecule has 1 aromatic rings. The molecule has 2 atom stereocenters. The summed E-state index contributed by atoms with van der Waals surface area (Å²) >= 11 is 0. The van der Waals surface area contributed by atoms with Gasteiger partial charge in [0, 0.05) is 24.8 Å². The van der Waals surface area contributed by atoms with Crippen molar-refractivity contribution < 1.29 is 23.1 Å². The van der Waals surface area contributed by atoms with Crippen LogP contribution < -0.4 is 0 Å². The Morgan fingerprint density at radius 2 is 1.91 bits per heavy atom. The zero-order chi connectivity index (χ0) is 17.2. The first-order chi connectivity index (χ1) is 9.94. The fourth-order valence-electron chi connectivity index (χ4n) is 2.60. The lowest BCUT2D eigenvalue weighted by Crippen LogP contribution is -2.36. The number of carbonyl (C=O) groups excluding carboxylic acids is 1. The Kier molecular flexibility index (Phi) is 5.61. The lowest BCUT2D eigenvalue weighted by Gasteiger charge is -2.23. The predicted molar refractivity (Wildman–Crippen MR) is 75.5 cm³/mol. The molecule has 2 unspecified atom stereocenters. The van der Waals surface area contributed by atoms with Gasteiger partial charge in [0.1, 0.15) is 6.54 Å². The van der Waals surface area contributed by atoms with E-state index in [0.717, 1.165) is 4.68 Å². The Labute approximate surface area is 127 Å². The molecule has 8 heteroatoms. The standard InChI is InChI=1S/C14H22F3N3O2/c1-8(21)6-19(5)13(22)9(2)12-10(3)18-20(11(12)4)7-14(15,16)17/h8-9,21H,6-7H2,1-5H3. The summed E-state index contributed by atoms with van der Waals surface area (Å²) in [6.45, 7) is 5.30. The second-order valence-corrected chi connectivity index (χ2v) is 5.65. The largest absolute Gasteiger partial charge is 0.408 e. The smallest absolute Gasteiger partial charge is 0.392 e. The minimum Gasteiger partial charge on any atom is -0.392 e. The summed E-state index contributed by atoms with van der Waals surface area (Å²) in [5.41, 5.74) is 1.25. The van der Waals surface area contributed by atoms with Crippen LogP contribution in [0.4, 0.5) is 13.2 Å². The van der Waals surface area contributed by atoms with Gasteiger partial charge in [0.2, 0.25) is 5.91 Å². The monoisotopic (exact) mass is 321 g/mol. The van der Waals surface area contributed by atoms with E-state index >= 15 is 0 Å². The number of alkyl halides is 3. The molecule has 5 nitrogen and oxygen atoms in total. The summed E-state index contributed by atoms with van der Waals surface area (Å²) in [6.07, 6.45) is -5.03. The van der Waals surface area contributed by atoms with Crippen LogP contribution in [0.15, 0.2) is 0 Å². The molecular formula is C14H22F3N3O2. The molecule has 0 aliphatic carbocycles. The van der Waals surface area contributed by atoms with E-state index in [2.05, 4.69) is 5.10 Å². The van der Waals surface area contributed by atoms with Crippen molar-refractivity contribution in [2.45, 2.75) is 52.4 Å². The number of nitrogens with zero attached hydrogens (tertiary/aromatic N) is 3. The quantitative estimate of drug-likeness (QED) is 0.902. The van der Waals surface area contributed by atoms with Gasteiger partial charge in [0.25, 0.3) is 0 Å². The van der Waals surface area contributed by atoms with Crippen LogP contribution in [0.3, 0.4) is 0 Å². The van der Waals surface area contributed by atoms with Crippen molar-refractivity contribution >= 4 is 5.91 Å². The molecule has 22 heavy (non-hydrogen) atoms. The van der Waals surface area contributed by atoms with Crippen LogP contribution in [-0.4, -0.2) is 51.6 Å². The molecule has 0 aromatic carbocycles. The van der Waals surface area contributed by atoms with Crippen molar-refractivity contribution in [1.82, 2.24) is 14.7 Å². The first-order valence-corrected chi connectivity index (χ1v) is 6.97. The zero-order valence-corrected chi connectivity index (χ0v) is 13.4. The lowest BCUT2D eigenvalue weighted by atomic mass is 9.97. The van der Waals surface area contributed by atoms with Crippen molar-refractivity contribution in [3.63, 3.8) is 0 Å². The highest BCUT2D eigenvalue weighted by molar-refractivity contribution is 5.83. The van der Waals surface area contributed by atoms with Gasteiger partial charge in [-0.3, -0.25) is 9.48 Å². The molecule has 1 N–H and O–H groups in total. The maximum Gasteiger partial charge on any atom is 0.408 e. The molecule has 0 spiro atoms. The second-order valence-electron chi connectivity index (χ2n) is 5.65. The Morgan fingerprint density at radius 1 is 1.36 bits per heavy atom. The maximum atomic E-state index is 12.5. The molecule has 126 valence electrons. The molecule has 0 bridgehead atoms. The van der Waals surface area contributed by atoms with Crippen molar-refractivity contribution in [2.75, 3.05) is 13.6 Å².